The number of pyridine rings is 2. The monoisotopic (exact) mass is 645 g/mol. The minimum atomic E-state index is -0.634. The molecule has 0 bridgehead atoms. The Morgan fingerprint density at radius 3 is 2.63 bits per heavy atom. The van der Waals surface area contributed by atoms with Crippen LogP contribution in [0.5, 0.6) is 5.75 Å². The summed E-state index contributed by atoms with van der Waals surface area (Å²) in [6.07, 6.45) is 3.14. The number of hydrogen-bond acceptors (Lipinski definition) is 8. The second-order valence-corrected chi connectivity index (χ2v) is 13.7. The summed E-state index contributed by atoms with van der Waals surface area (Å²) in [6.45, 7) is 14.8. The molecule has 5 heterocycles. The quantitative estimate of drug-likeness (QED) is 0.263. The summed E-state index contributed by atoms with van der Waals surface area (Å²) in [5, 5.41) is 8.40. The number of hydrogen-bond donors (Lipinski definition) is 1. The number of anilines is 2. The van der Waals surface area contributed by atoms with E-state index >= 15 is 0 Å². The maximum atomic E-state index is 14.6. The first kappa shape index (κ1) is 31.6. The molecule has 1 fully saturated rings. The van der Waals surface area contributed by atoms with Crippen LogP contribution in [0.2, 0.25) is 5.02 Å². The number of benzene rings is 1. The van der Waals surface area contributed by atoms with Crippen molar-refractivity contribution in [1.82, 2.24) is 30.0 Å². The summed E-state index contributed by atoms with van der Waals surface area (Å²) < 4.78 is 12.1. The molecule has 2 amide bonds. The third kappa shape index (κ3) is 5.50. The van der Waals surface area contributed by atoms with Gasteiger partial charge in [0.2, 0.25) is 0 Å². The lowest BCUT2D eigenvalue weighted by molar-refractivity contribution is 0.000956. The number of nitrogens with one attached hydrogen (secondary N) is 1. The van der Waals surface area contributed by atoms with Gasteiger partial charge in [-0.2, -0.15) is 5.10 Å². The van der Waals surface area contributed by atoms with Crippen molar-refractivity contribution < 1.29 is 19.1 Å². The highest BCUT2D eigenvalue weighted by Gasteiger charge is 2.42. The second kappa shape index (κ2) is 11.8. The molecule has 46 heavy (non-hydrogen) atoms. The summed E-state index contributed by atoms with van der Waals surface area (Å²) in [6, 6.07) is 5.49. The Kier molecular flexibility index (Phi) is 8.08. The average Bonchev–Trinajstić information content (AvgIpc) is 3.42. The average molecular weight is 646 g/mol. The van der Waals surface area contributed by atoms with Crippen molar-refractivity contribution in [3.63, 3.8) is 0 Å². The van der Waals surface area contributed by atoms with Crippen LogP contribution in [-0.2, 0) is 4.74 Å². The van der Waals surface area contributed by atoms with Crippen LogP contribution in [0, 0.1) is 13.8 Å². The highest BCUT2D eigenvalue weighted by molar-refractivity contribution is 6.36. The Labute approximate surface area is 273 Å². The molecule has 0 radical (unpaired) electrons. The zero-order valence-corrected chi connectivity index (χ0v) is 28.3. The van der Waals surface area contributed by atoms with E-state index < -0.39 is 17.7 Å². The predicted molar refractivity (Wildman–Crippen MR) is 178 cm³/mol. The van der Waals surface area contributed by atoms with E-state index in [0.29, 0.717) is 24.6 Å². The summed E-state index contributed by atoms with van der Waals surface area (Å²) in [4.78, 5) is 42.8. The fourth-order valence-electron chi connectivity index (χ4n) is 6.32. The number of piperazine rings is 1. The molecule has 1 atom stereocenters. The van der Waals surface area contributed by atoms with Gasteiger partial charge in [-0.3, -0.25) is 14.9 Å². The predicted octanol–water partition coefficient (Wildman–Crippen LogP) is 6.64. The van der Waals surface area contributed by atoms with Crippen LogP contribution in [0.25, 0.3) is 22.2 Å². The molecule has 0 spiro atoms. The maximum absolute atomic E-state index is 14.6. The standard InChI is InChI=1S/C34H40ClN7O4/c1-18(2)27-29(20(4)11-12-36-27)40(8)31-25-30(26(35)28(38-31)24-19(3)9-10-23-22(24)15-37-39-23)45-17-21-16-41(13-14-42(21)32(25)43)33(44)46-34(5,6)7/h9-12,15,18,21H,13-14,16-17H2,1-8H3,(H,37,39)/t21-/m1/s1. The van der Waals surface area contributed by atoms with Crippen LogP contribution < -0.4 is 9.64 Å². The van der Waals surface area contributed by atoms with E-state index in [2.05, 4.69) is 24.0 Å². The number of carbonyl (C=O) groups is 2. The number of aryl methyl sites for hydroxylation is 2. The van der Waals surface area contributed by atoms with Gasteiger partial charge in [-0.1, -0.05) is 31.5 Å². The summed E-state index contributed by atoms with van der Waals surface area (Å²) in [5.74, 6) is 0.536. The number of amides is 2. The molecule has 1 N–H and O–H groups in total. The van der Waals surface area contributed by atoms with Gasteiger partial charge in [0, 0.05) is 43.8 Å². The molecular weight excluding hydrogens is 606 g/mol. The number of H-pyrrole nitrogens is 1. The van der Waals surface area contributed by atoms with Crippen LogP contribution in [0.15, 0.2) is 30.6 Å². The number of carbonyl (C=O) groups excluding carboxylic acids is 2. The molecule has 2 aliphatic heterocycles. The van der Waals surface area contributed by atoms with Gasteiger partial charge in [-0.25, -0.2) is 9.78 Å². The lowest BCUT2D eigenvalue weighted by Crippen LogP contribution is -2.58. The molecule has 2 aliphatic rings. The third-order valence-electron chi connectivity index (χ3n) is 8.53. The van der Waals surface area contributed by atoms with Crippen LogP contribution in [-0.4, -0.2) is 86.9 Å². The molecule has 11 nitrogen and oxygen atoms in total. The van der Waals surface area contributed by atoms with Crippen LogP contribution in [0.1, 0.15) is 67.7 Å². The van der Waals surface area contributed by atoms with Crippen molar-refractivity contribution in [2.75, 3.05) is 38.2 Å². The second-order valence-electron chi connectivity index (χ2n) is 13.4. The van der Waals surface area contributed by atoms with Crippen molar-refractivity contribution in [3.8, 4) is 17.0 Å². The zero-order valence-electron chi connectivity index (χ0n) is 27.6. The van der Waals surface area contributed by atoms with Gasteiger partial charge < -0.3 is 24.2 Å². The summed E-state index contributed by atoms with van der Waals surface area (Å²) in [5.41, 5.74) is 5.46. The molecule has 0 aliphatic carbocycles. The largest absolute Gasteiger partial charge is 0.489 e. The third-order valence-corrected chi connectivity index (χ3v) is 8.88. The van der Waals surface area contributed by atoms with E-state index in [1.54, 1.807) is 22.2 Å². The van der Waals surface area contributed by atoms with Gasteiger partial charge in [0.1, 0.15) is 28.6 Å². The van der Waals surface area contributed by atoms with E-state index in [1.165, 1.54) is 0 Å². The molecule has 242 valence electrons. The Hall–Kier alpha value is -4.38. The van der Waals surface area contributed by atoms with Crippen LogP contribution in [0.4, 0.5) is 16.3 Å². The molecule has 1 aromatic carbocycles. The molecule has 4 aromatic rings. The smallest absolute Gasteiger partial charge is 0.410 e. The molecule has 3 aromatic heterocycles. The lowest BCUT2D eigenvalue weighted by atomic mass is 9.99. The Morgan fingerprint density at radius 2 is 1.91 bits per heavy atom. The molecule has 6 rings (SSSR count). The van der Waals surface area contributed by atoms with Gasteiger partial charge in [0.15, 0.2) is 5.75 Å². The van der Waals surface area contributed by atoms with E-state index in [9.17, 15) is 9.59 Å². The van der Waals surface area contributed by atoms with Gasteiger partial charge in [-0.15, -0.1) is 0 Å². The summed E-state index contributed by atoms with van der Waals surface area (Å²) in [7, 11) is 1.90. The SMILES string of the molecule is Cc1ccnc(C(C)C)c1N(C)c1nc(-c2c(C)ccc3[nH]ncc23)c(Cl)c2c1C(=O)N1CCN(C(=O)OC(C)(C)C)C[C@@H]1CO2. The summed E-state index contributed by atoms with van der Waals surface area (Å²) >= 11 is 7.22. The molecule has 0 saturated carbocycles. The molecule has 12 heteroatoms. The zero-order chi connectivity index (χ0) is 33.1. The molecular formula is C34H40ClN7O4. The lowest BCUT2D eigenvalue weighted by Gasteiger charge is -2.40. The number of nitrogens with zero attached hydrogens (tertiary/aromatic N) is 6. The number of aromatic nitrogens is 4. The Morgan fingerprint density at radius 1 is 1.15 bits per heavy atom. The first-order valence-corrected chi connectivity index (χ1v) is 15.9. The number of fused-ring (bicyclic) bond motifs is 3. The fraction of sp³-hybridized carbons (Fsp3) is 0.441. The van der Waals surface area contributed by atoms with Crippen molar-refractivity contribution in [1.29, 1.82) is 0 Å². The van der Waals surface area contributed by atoms with Crippen molar-refractivity contribution >= 4 is 46.0 Å². The fourth-order valence-corrected chi connectivity index (χ4v) is 6.61. The van der Waals surface area contributed by atoms with Crippen LogP contribution >= 0.6 is 11.6 Å². The number of ether oxygens (including phenoxy) is 2. The Bertz CT molecular complexity index is 1850. The van der Waals surface area contributed by atoms with E-state index in [0.717, 1.165) is 39.0 Å². The maximum Gasteiger partial charge on any atom is 0.410 e. The van der Waals surface area contributed by atoms with Crippen LogP contribution in [0.3, 0.4) is 0 Å². The minimum absolute atomic E-state index is 0.113. The minimum Gasteiger partial charge on any atom is -0.489 e. The van der Waals surface area contributed by atoms with E-state index in [4.69, 9.17) is 31.0 Å². The first-order valence-electron chi connectivity index (χ1n) is 15.5. The topological polar surface area (TPSA) is 117 Å². The van der Waals surface area contributed by atoms with Gasteiger partial charge in [-0.05, 0) is 63.8 Å². The number of aromatic amines is 1. The van der Waals surface area contributed by atoms with E-state index in [1.807, 2.05) is 64.8 Å². The molecule has 1 saturated heterocycles. The van der Waals surface area contributed by atoms with Gasteiger partial charge in [0.05, 0.1) is 34.8 Å². The first-order chi connectivity index (χ1) is 21.8. The number of rotatable bonds is 4. The van der Waals surface area contributed by atoms with Crippen molar-refractivity contribution in [2.24, 2.45) is 0 Å². The van der Waals surface area contributed by atoms with E-state index in [-0.39, 0.29) is 41.3 Å². The van der Waals surface area contributed by atoms with Crippen molar-refractivity contribution in [3.05, 3.63) is 58.0 Å². The Balaban J connectivity index is 1.53. The highest BCUT2D eigenvalue weighted by Crippen LogP contribution is 2.47. The van der Waals surface area contributed by atoms with Gasteiger partial charge in [0.25, 0.3) is 5.91 Å². The number of halogens is 1. The highest BCUT2D eigenvalue weighted by atomic mass is 35.5. The normalized spacial score (nSPS) is 16.7. The van der Waals surface area contributed by atoms with Crippen molar-refractivity contribution in [2.45, 2.75) is 66.0 Å². The van der Waals surface area contributed by atoms with Gasteiger partial charge >= 0.3 is 6.09 Å². The molecule has 0 unspecified atom stereocenters.